The molecule has 13 heteroatoms. The maximum absolute atomic E-state index is 10.4. The van der Waals surface area contributed by atoms with Gasteiger partial charge in [0.2, 0.25) is 0 Å². The largest absolute Gasteiger partial charge is 2.00 e. The van der Waals surface area contributed by atoms with Crippen LogP contribution in [0.4, 0.5) is 0 Å². The SMILES string of the molecule is C=C.C=C.O=C([O-])CN(CCN(CC(=O)[O-])CC(=O)[O-])CC(=O)[O-].[Ca+2].[Na+].[Na+]. The van der Waals surface area contributed by atoms with Gasteiger partial charge in [-0.3, -0.25) is 9.80 Å². The number of aliphatic carboxylic acids is 4. The molecular formula is C14H20CaN2Na2O8. The molecule has 10 nitrogen and oxygen atoms in total. The van der Waals surface area contributed by atoms with Crippen molar-refractivity contribution in [2.45, 2.75) is 0 Å². The Morgan fingerprint density at radius 2 is 0.704 bits per heavy atom. The van der Waals surface area contributed by atoms with E-state index in [-0.39, 0.29) is 110 Å². The van der Waals surface area contributed by atoms with E-state index in [9.17, 15) is 39.6 Å². The predicted molar refractivity (Wildman–Crippen MR) is 81.2 cm³/mol. The van der Waals surface area contributed by atoms with Crippen LogP contribution >= 0.6 is 0 Å². The molecule has 0 fully saturated rings. The Morgan fingerprint density at radius 1 is 0.556 bits per heavy atom. The van der Waals surface area contributed by atoms with Crippen molar-refractivity contribution in [2.24, 2.45) is 0 Å². The Labute approximate surface area is 232 Å². The fraction of sp³-hybridized carbons (Fsp3) is 0.429. The van der Waals surface area contributed by atoms with Gasteiger partial charge in [0.25, 0.3) is 0 Å². The first-order chi connectivity index (χ1) is 11.2. The molecule has 0 atom stereocenters. The summed E-state index contributed by atoms with van der Waals surface area (Å²) in [6, 6.07) is 0. The molecule has 0 heterocycles. The van der Waals surface area contributed by atoms with E-state index in [0.29, 0.717) is 0 Å². The van der Waals surface area contributed by atoms with Gasteiger partial charge in [0.1, 0.15) is 0 Å². The van der Waals surface area contributed by atoms with Gasteiger partial charge in [-0.05, 0) is 0 Å². The smallest absolute Gasteiger partial charge is 0.549 e. The molecule has 0 amide bonds. The van der Waals surface area contributed by atoms with Gasteiger partial charge >= 0.3 is 96.9 Å². The third-order valence-corrected chi connectivity index (χ3v) is 2.14. The van der Waals surface area contributed by atoms with E-state index >= 15 is 0 Å². The first-order valence-corrected chi connectivity index (χ1v) is 6.44. The Bertz CT molecular complexity index is 360. The van der Waals surface area contributed by atoms with Crippen molar-refractivity contribution >= 4 is 61.6 Å². The van der Waals surface area contributed by atoms with Crippen LogP contribution in [-0.4, -0.2) is 111 Å². The summed E-state index contributed by atoms with van der Waals surface area (Å²) in [7, 11) is 0. The fourth-order valence-electron chi connectivity index (χ4n) is 1.44. The Kier molecular flexibility index (Phi) is 44.5. The second-order valence-electron chi connectivity index (χ2n) is 3.91. The van der Waals surface area contributed by atoms with E-state index in [1.165, 1.54) is 0 Å². The average Bonchev–Trinajstić information content (AvgIpc) is 2.46. The summed E-state index contributed by atoms with van der Waals surface area (Å²) in [5.41, 5.74) is 0. The van der Waals surface area contributed by atoms with Crippen LogP contribution < -0.4 is 79.5 Å². The van der Waals surface area contributed by atoms with Crippen LogP contribution in [0, 0.1) is 0 Å². The van der Waals surface area contributed by atoms with Gasteiger partial charge in [0.15, 0.2) is 0 Å². The molecule has 0 saturated carbocycles. The van der Waals surface area contributed by atoms with Crippen LogP contribution in [0.5, 0.6) is 0 Å². The third-order valence-electron chi connectivity index (χ3n) is 2.14. The van der Waals surface area contributed by atoms with E-state index in [1.807, 2.05) is 0 Å². The summed E-state index contributed by atoms with van der Waals surface area (Å²) in [6.07, 6.45) is 0. The molecule has 0 aliphatic carbocycles. The first kappa shape index (κ1) is 41.8. The van der Waals surface area contributed by atoms with Gasteiger partial charge in [-0.2, -0.15) is 0 Å². The maximum atomic E-state index is 10.4. The van der Waals surface area contributed by atoms with Crippen molar-refractivity contribution in [1.82, 2.24) is 9.80 Å². The molecule has 0 bridgehead atoms. The molecule has 0 unspecified atom stereocenters. The molecule has 0 aliphatic rings. The van der Waals surface area contributed by atoms with E-state index in [1.54, 1.807) is 0 Å². The van der Waals surface area contributed by atoms with Crippen molar-refractivity contribution in [3.8, 4) is 0 Å². The van der Waals surface area contributed by atoms with Gasteiger partial charge in [0.05, 0.1) is 23.9 Å². The molecule has 0 aromatic heterocycles. The number of nitrogens with zero attached hydrogens (tertiary/aromatic N) is 2. The molecule has 0 N–H and O–H groups in total. The summed E-state index contributed by atoms with van der Waals surface area (Å²) in [4.78, 5) is 43.4. The molecule has 0 aromatic carbocycles. The van der Waals surface area contributed by atoms with Crippen molar-refractivity contribution in [1.29, 1.82) is 0 Å². The Hall–Kier alpha value is 0.540. The zero-order valence-corrected chi connectivity index (χ0v) is 22.1. The molecule has 0 saturated heterocycles. The number of rotatable bonds is 11. The summed E-state index contributed by atoms with van der Waals surface area (Å²) in [5.74, 6) is -6.12. The Morgan fingerprint density at radius 3 is 0.815 bits per heavy atom. The third kappa shape index (κ3) is 34.4. The minimum Gasteiger partial charge on any atom is -0.549 e. The monoisotopic (exact) mass is 430 g/mol. The van der Waals surface area contributed by atoms with Crippen LogP contribution in [0.2, 0.25) is 0 Å². The summed E-state index contributed by atoms with van der Waals surface area (Å²) in [5, 5.41) is 41.6. The minimum absolute atomic E-state index is 0. The molecule has 27 heavy (non-hydrogen) atoms. The van der Waals surface area contributed by atoms with E-state index in [4.69, 9.17) is 0 Å². The maximum Gasteiger partial charge on any atom is 2.00 e. The van der Waals surface area contributed by atoms with Gasteiger partial charge in [0, 0.05) is 39.3 Å². The number of carboxylic acids is 4. The normalized spacial score (nSPS) is 8.22. The second-order valence-corrected chi connectivity index (χ2v) is 3.91. The predicted octanol–water partition coefficient (Wildman–Crippen LogP) is -12.2. The number of carbonyl (C=O) groups is 4. The van der Waals surface area contributed by atoms with Crippen molar-refractivity contribution in [3.05, 3.63) is 26.3 Å². The van der Waals surface area contributed by atoms with Gasteiger partial charge in [-0.1, -0.05) is 0 Å². The molecule has 0 radical (unpaired) electrons. The summed E-state index contributed by atoms with van der Waals surface area (Å²) < 4.78 is 0. The van der Waals surface area contributed by atoms with E-state index < -0.39 is 50.1 Å². The standard InChI is InChI=1S/C10H16N2O8.2C2H4.Ca.2Na/c13-7(14)3-11(4-8(15)16)1-2-12(5-9(17)18)6-10(19)20;2*1-2;;;/h1-6H2,(H,13,14)(H,15,16)(H,17,18)(H,19,20);2*1-2H2;;;/q;;;+2;2*+1/p-4. The average molecular weight is 430 g/mol. The van der Waals surface area contributed by atoms with Crippen LogP contribution in [0.25, 0.3) is 0 Å². The number of hydrogen-bond acceptors (Lipinski definition) is 10. The van der Waals surface area contributed by atoms with Crippen molar-refractivity contribution in [2.75, 3.05) is 39.3 Å². The molecule has 0 aliphatic heterocycles. The quantitative estimate of drug-likeness (QED) is 0.227. The molecule has 138 valence electrons. The zero-order valence-electron chi connectivity index (χ0n) is 15.9. The minimum atomic E-state index is -1.53. The second kappa shape index (κ2) is 28.7. The first-order valence-electron chi connectivity index (χ1n) is 6.44. The molecular weight excluding hydrogens is 410 g/mol. The van der Waals surface area contributed by atoms with Gasteiger partial charge in [-0.25, -0.2) is 0 Å². The topological polar surface area (TPSA) is 167 Å². The molecule has 0 rings (SSSR count). The van der Waals surface area contributed by atoms with Gasteiger partial charge < -0.3 is 39.6 Å². The van der Waals surface area contributed by atoms with E-state index in [0.717, 1.165) is 9.80 Å². The van der Waals surface area contributed by atoms with Crippen LogP contribution in [-0.2, 0) is 19.2 Å². The summed E-state index contributed by atoms with van der Waals surface area (Å²) >= 11 is 0. The number of carbonyl (C=O) groups excluding carboxylic acids is 4. The van der Waals surface area contributed by atoms with Crippen LogP contribution in [0.3, 0.4) is 0 Å². The van der Waals surface area contributed by atoms with Crippen LogP contribution in [0.15, 0.2) is 26.3 Å². The van der Waals surface area contributed by atoms with Crippen LogP contribution in [0.1, 0.15) is 0 Å². The van der Waals surface area contributed by atoms with Crippen molar-refractivity contribution < 1.29 is 98.7 Å². The number of carboxylic acid groups (broad SMARTS) is 4. The molecule has 0 spiro atoms. The van der Waals surface area contributed by atoms with Crippen molar-refractivity contribution in [3.63, 3.8) is 0 Å². The number of hydrogen-bond donors (Lipinski definition) is 0. The molecule has 0 aromatic rings. The van der Waals surface area contributed by atoms with E-state index in [2.05, 4.69) is 26.3 Å². The fourth-order valence-corrected chi connectivity index (χ4v) is 1.44. The summed E-state index contributed by atoms with van der Waals surface area (Å²) in [6.45, 7) is 8.75. The zero-order chi connectivity index (χ0) is 19.7. The Balaban J connectivity index is -0.000000147. The van der Waals surface area contributed by atoms with Gasteiger partial charge in [-0.15, -0.1) is 26.3 Å².